The summed E-state index contributed by atoms with van der Waals surface area (Å²) < 4.78 is 0. The number of rotatable bonds is 4. The number of carbonyl (C=O) groups excluding carboxylic acids is 2. The van der Waals surface area contributed by atoms with E-state index in [1.165, 1.54) is 17.0 Å². The molecule has 1 aliphatic heterocycles. The summed E-state index contributed by atoms with van der Waals surface area (Å²) >= 11 is 0.848. The Bertz CT molecular complexity index is 1200. The lowest BCUT2D eigenvalue weighted by Crippen LogP contribution is -2.27. The highest BCUT2D eigenvalue weighted by molar-refractivity contribution is 8.18. The molecule has 0 N–H and O–H groups in total. The van der Waals surface area contributed by atoms with Crippen LogP contribution in [0, 0.1) is 17.0 Å². The van der Waals surface area contributed by atoms with Crippen molar-refractivity contribution in [1.29, 1.82) is 0 Å². The van der Waals surface area contributed by atoms with E-state index in [1.54, 1.807) is 19.1 Å². The van der Waals surface area contributed by atoms with Gasteiger partial charge in [0.1, 0.15) is 0 Å². The summed E-state index contributed by atoms with van der Waals surface area (Å²) in [6.07, 6.45) is 1.53. The SMILES string of the molecule is Cc1ccc(/C=C2\SC(=O)N(Cc3cccc4ccccc34)C2=O)cc1[N+](=O)[O-]. The molecule has 0 aromatic heterocycles. The Morgan fingerprint density at radius 1 is 1.07 bits per heavy atom. The van der Waals surface area contributed by atoms with Crippen LogP contribution in [-0.2, 0) is 11.3 Å². The first-order valence-electron chi connectivity index (χ1n) is 8.91. The van der Waals surface area contributed by atoms with Gasteiger partial charge in [-0.2, -0.15) is 0 Å². The molecule has 6 nitrogen and oxygen atoms in total. The van der Waals surface area contributed by atoms with Crippen LogP contribution >= 0.6 is 11.8 Å². The molecule has 3 aromatic rings. The molecule has 1 aliphatic rings. The van der Waals surface area contributed by atoms with Gasteiger partial charge in [-0.1, -0.05) is 54.6 Å². The molecule has 4 rings (SSSR count). The molecule has 3 aromatic carbocycles. The van der Waals surface area contributed by atoms with Crippen LogP contribution in [0.3, 0.4) is 0 Å². The van der Waals surface area contributed by atoms with Gasteiger partial charge in [0.15, 0.2) is 0 Å². The summed E-state index contributed by atoms with van der Waals surface area (Å²) in [4.78, 5) is 37.5. The van der Waals surface area contributed by atoms with Crippen molar-refractivity contribution in [2.24, 2.45) is 0 Å². The van der Waals surface area contributed by atoms with Crippen molar-refractivity contribution in [1.82, 2.24) is 4.90 Å². The van der Waals surface area contributed by atoms with Crippen molar-refractivity contribution in [3.05, 3.63) is 92.4 Å². The molecule has 1 heterocycles. The normalized spacial score (nSPS) is 15.5. The molecule has 0 radical (unpaired) electrons. The standard InChI is InChI=1S/C22H16N2O4S/c1-14-9-10-15(11-19(14)24(27)28)12-20-21(25)23(22(26)29-20)13-17-7-4-6-16-5-2-3-8-18(16)17/h2-12H,13H2,1H3/b20-12-. The van der Waals surface area contributed by atoms with Gasteiger partial charge >= 0.3 is 0 Å². The number of nitrogens with zero attached hydrogens (tertiary/aromatic N) is 2. The highest BCUT2D eigenvalue weighted by atomic mass is 32.2. The first kappa shape index (κ1) is 18.9. The van der Waals surface area contributed by atoms with Crippen LogP contribution in [-0.4, -0.2) is 21.0 Å². The third kappa shape index (κ3) is 3.64. The number of thioether (sulfide) groups is 1. The molecular weight excluding hydrogens is 388 g/mol. The van der Waals surface area contributed by atoms with E-state index in [2.05, 4.69) is 0 Å². The number of carbonyl (C=O) groups is 2. The number of amides is 2. The number of fused-ring (bicyclic) bond motifs is 1. The van der Waals surface area contributed by atoms with Gasteiger partial charge in [-0.05, 0) is 46.7 Å². The van der Waals surface area contributed by atoms with Gasteiger partial charge < -0.3 is 0 Å². The largest absolute Gasteiger partial charge is 0.293 e. The first-order chi connectivity index (χ1) is 13.9. The maximum Gasteiger partial charge on any atom is 0.293 e. The maximum atomic E-state index is 12.8. The van der Waals surface area contributed by atoms with Gasteiger partial charge in [-0.3, -0.25) is 24.6 Å². The van der Waals surface area contributed by atoms with E-state index in [4.69, 9.17) is 0 Å². The lowest BCUT2D eigenvalue weighted by Gasteiger charge is -2.14. The predicted octanol–water partition coefficient (Wildman–Crippen LogP) is 5.29. The summed E-state index contributed by atoms with van der Waals surface area (Å²) in [5.74, 6) is -0.392. The van der Waals surface area contributed by atoms with Crippen LogP contribution in [0.4, 0.5) is 10.5 Å². The number of nitro benzene ring substituents is 1. The molecule has 0 aliphatic carbocycles. The third-order valence-electron chi connectivity index (χ3n) is 4.81. The fraction of sp³-hybridized carbons (Fsp3) is 0.0909. The van der Waals surface area contributed by atoms with E-state index in [9.17, 15) is 19.7 Å². The number of aryl methyl sites for hydroxylation is 1. The maximum absolute atomic E-state index is 12.8. The van der Waals surface area contributed by atoms with E-state index in [-0.39, 0.29) is 22.4 Å². The fourth-order valence-electron chi connectivity index (χ4n) is 3.30. The zero-order chi connectivity index (χ0) is 20.5. The average molecular weight is 404 g/mol. The second-order valence-electron chi connectivity index (χ2n) is 6.71. The Kier molecular flexibility index (Phi) is 4.90. The van der Waals surface area contributed by atoms with E-state index >= 15 is 0 Å². The minimum Gasteiger partial charge on any atom is -0.268 e. The Balaban J connectivity index is 1.63. The Labute approximate surface area is 171 Å². The van der Waals surface area contributed by atoms with Gasteiger partial charge in [0, 0.05) is 11.6 Å². The van der Waals surface area contributed by atoms with Crippen molar-refractivity contribution >= 4 is 45.4 Å². The average Bonchev–Trinajstić information content (AvgIpc) is 2.97. The number of benzene rings is 3. The quantitative estimate of drug-likeness (QED) is 0.335. The van der Waals surface area contributed by atoms with Gasteiger partial charge in [-0.15, -0.1) is 0 Å². The van der Waals surface area contributed by atoms with Crippen molar-refractivity contribution in [2.75, 3.05) is 0 Å². The van der Waals surface area contributed by atoms with Crippen LogP contribution in [0.15, 0.2) is 65.6 Å². The van der Waals surface area contributed by atoms with Gasteiger partial charge in [-0.25, -0.2) is 0 Å². The highest BCUT2D eigenvalue weighted by Crippen LogP contribution is 2.34. The minimum atomic E-state index is -0.459. The molecule has 29 heavy (non-hydrogen) atoms. The van der Waals surface area contributed by atoms with E-state index in [0.717, 1.165) is 28.1 Å². The first-order valence-corrected chi connectivity index (χ1v) is 9.73. The number of hydrogen-bond acceptors (Lipinski definition) is 5. The van der Waals surface area contributed by atoms with Crippen LogP contribution in [0.25, 0.3) is 16.8 Å². The molecule has 2 amide bonds. The lowest BCUT2D eigenvalue weighted by atomic mass is 10.0. The Morgan fingerprint density at radius 3 is 2.62 bits per heavy atom. The lowest BCUT2D eigenvalue weighted by molar-refractivity contribution is -0.385. The minimum absolute atomic E-state index is 0.0197. The van der Waals surface area contributed by atoms with Crippen LogP contribution in [0.5, 0.6) is 0 Å². The Hall–Kier alpha value is -3.45. The van der Waals surface area contributed by atoms with E-state index in [1.807, 2.05) is 42.5 Å². The molecule has 0 spiro atoms. The molecule has 1 saturated heterocycles. The Morgan fingerprint density at radius 2 is 1.83 bits per heavy atom. The second-order valence-corrected chi connectivity index (χ2v) is 7.70. The van der Waals surface area contributed by atoms with Crippen LogP contribution in [0.1, 0.15) is 16.7 Å². The topological polar surface area (TPSA) is 80.5 Å². The summed E-state index contributed by atoms with van der Waals surface area (Å²) in [6, 6.07) is 18.3. The summed E-state index contributed by atoms with van der Waals surface area (Å²) in [7, 11) is 0. The van der Waals surface area contributed by atoms with E-state index in [0.29, 0.717) is 11.1 Å². The molecule has 0 saturated carbocycles. The number of nitro groups is 1. The highest BCUT2D eigenvalue weighted by Gasteiger charge is 2.35. The number of imide groups is 1. The zero-order valence-corrected chi connectivity index (χ0v) is 16.3. The van der Waals surface area contributed by atoms with Crippen molar-refractivity contribution < 1.29 is 14.5 Å². The van der Waals surface area contributed by atoms with Crippen molar-refractivity contribution in [3.8, 4) is 0 Å². The van der Waals surface area contributed by atoms with E-state index < -0.39 is 10.8 Å². The molecule has 0 atom stereocenters. The van der Waals surface area contributed by atoms with Crippen LogP contribution in [0.2, 0.25) is 0 Å². The van der Waals surface area contributed by atoms with Crippen molar-refractivity contribution in [2.45, 2.75) is 13.5 Å². The van der Waals surface area contributed by atoms with Gasteiger partial charge in [0.2, 0.25) is 0 Å². The monoisotopic (exact) mass is 404 g/mol. The molecule has 7 heteroatoms. The smallest absolute Gasteiger partial charge is 0.268 e. The summed E-state index contributed by atoms with van der Waals surface area (Å²) in [5.41, 5.74) is 1.92. The van der Waals surface area contributed by atoms with Crippen LogP contribution < -0.4 is 0 Å². The zero-order valence-electron chi connectivity index (χ0n) is 15.5. The molecule has 1 fully saturated rings. The second kappa shape index (κ2) is 7.52. The summed E-state index contributed by atoms with van der Waals surface area (Å²) in [6.45, 7) is 1.83. The molecular formula is C22H16N2O4S. The fourth-order valence-corrected chi connectivity index (χ4v) is 4.14. The number of hydrogen-bond donors (Lipinski definition) is 0. The molecule has 144 valence electrons. The molecule has 0 unspecified atom stereocenters. The van der Waals surface area contributed by atoms with Gasteiger partial charge in [0.05, 0.1) is 16.4 Å². The van der Waals surface area contributed by atoms with Crippen molar-refractivity contribution in [3.63, 3.8) is 0 Å². The summed E-state index contributed by atoms with van der Waals surface area (Å²) in [5, 5.41) is 12.8. The van der Waals surface area contributed by atoms with Gasteiger partial charge in [0.25, 0.3) is 16.8 Å². The predicted molar refractivity (Wildman–Crippen MR) is 113 cm³/mol. The third-order valence-corrected chi connectivity index (χ3v) is 5.72. The molecule has 0 bridgehead atoms.